The Balaban J connectivity index is 2.08. The number of hydrogen-bond acceptors (Lipinski definition) is 4. The number of nitrogens with one attached hydrogen (secondary N) is 1. The molecule has 0 unspecified atom stereocenters. The molecule has 19 heavy (non-hydrogen) atoms. The molecule has 0 saturated carbocycles. The van der Waals surface area contributed by atoms with Crippen molar-refractivity contribution in [2.24, 2.45) is 0 Å². The third kappa shape index (κ3) is 2.92. The Hall–Kier alpha value is -2.76. The molecule has 0 saturated heterocycles. The minimum absolute atomic E-state index is 0.0618. The summed E-state index contributed by atoms with van der Waals surface area (Å²) in [7, 11) is 1.55. The Morgan fingerprint density at radius 1 is 1.26 bits per heavy atom. The number of furan rings is 1. The van der Waals surface area contributed by atoms with Crippen LogP contribution in [0.25, 0.3) is 0 Å². The second kappa shape index (κ2) is 5.26. The summed E-state index contributed by atoms with van der Waals surface area (Å²) in [6.07, 6.45) is 1.02. The molecular formula is C13H11NO5. The van der Waals surface area contributed by atoms with Gasteiger partial charge in [-0.1, -0.05) is 0 Å². The summed E-state index contributed by atoms with van der Waals surface area (Å²) < 4.78 is 9.88. The van der Waals surface area contributed by atoms with Gasteiger partial charge in [0.25, 0.3) is 5.91 Å². The predicted molar refractivity (Wildman–Crippen MR) is 66.6 cm³/mol. The molecule has 0 fully saturated rings. The Morgan fingerprint density at radius 3 is 2.47 bits per heavy atom. The fourth-order valence-electron chi connectivity index (χ4n) is 1.43. The van der Waals surface area contributed by atoms with Crippen molar-refractivity contribution in [2.75, 3.05) is 12.4 Å². The first kappa shape index (κ1) is 12.7. The van der Waals surface area contributed by atoms with E-state index < -0.39 is 11.9 Å². The van der Waals surface area contributed by atoms with Crippen molar-refractivity contribution in [2.45, 2.75) is 0 Å². The van der Waals surface area contributed by atoms with Gasteiger partial charge >= 0.3 is 5.97 Å². The lowest BCUT2D eigenvalue weighted by molar-refractivity contribution is 0.0696. The van der Waals surface area contributed by atoms with Gasteiger partial charge in [0.05, 0.1) is 12.7 Å². The number of amides is 1. The highest BCUT2D eigenvalue weighted by Gasteiger charge is 2.14. The van der Waals surface area contributed by atoms with Gasteiger partial charge in [-0.2, -0.15) is 0 Å². The van der Waals surface area contributed by atoms with Crippen LogP contribution in [0.5, 0.6) is 5.75 Å². The molecule has 0 spiro atoms. The van der Waals surface area contributed by atoms with Gasteiger partial charge in [-0.05, 0) is 24.3 Å². The zero-order valence-electron chi connectivity index (χ0n) is 10.0. The highest BCUT2D eigenvalue weighted by atomic mass is 16.5. The van der Waals surface area contributed by atoms with E-state index in [4.69, 9.17) is 14.3 Å². The second-order valence-electron chi connectivity index (χ2n) is 3.69. The summed E-state index contributed by atoms with van der Waals surface area (Å²) in [6.45, 7) is 0. The molecule has 0 aliphatic carbocycles. The SMILES string of the molecule is COc1ccc(NC(=O)c2cc(C(=O)O)co2)cc1. The van der Waals surface area contributed by atoms with Gasteiger partial charge in [-0.3, -0.25) is 4.79 Å². The van der Waals surface area contributed by atoms with E-state index >= 15 is 0 Å². The molecule has 0 atom stereocenters. The smallest absolute Gasteiger partial charge is 0.338 e. The van der Waals surface area contributed by atoms with Crippen LogP contribution >= 0.6 is 0 Å². The van der Waals surface area contributed by atoms with Gasteiger partial charge in [0, 0.05) is 11.8 Å². The number of ether oxygens (including phenoxy) is 1. The number of aromatic carboxylic acids is 1. The Labute approximate surface area is 108 Å². The molecule has 2 N–H and O–H groups in total. The van der Waals surface area contributed by atoms with Gasteiger partial charge in [0.2, 0.25) is 0 Å². The van der Waals surface area contributed by atoms with Crippen LogP contribution in [-0.2, 0) is 0 Å². The molecule has 0 radical (unpaired) electrons. The minimum Gasteiger partial charge on any atom is -0.497 e. The molecule has 0 aliphatic heterocycles. The van der Waals surface area contributed by atoms with E-state index in [1.54, 1.807) is 31.4 Å². The van der Waals surface area contributed by atoms with E-state index in [0.717, 1.165) is 6.26 Å². The number of methoxy groups -OCH3 is 1. The van der Waals surface area contributed by atoms with E-state index in [-0.39, 0.29) is 11.3 Å². The summed E-state index contributed by atoms with van der Waals surface area (Å²) in [5.74, 6) is -1.05. The maximum Gasteiger partial charge on any atom is 0.338 e. The normalized spacial score (nSPS) is 9.95. The lowest BCUT2D eigenvalue weighted by Gasteiger charge is -2.04. The third-order valence-electron chi connectivity index (χ3n) is 2.42. The van der Waals surface area contributed by atoms with Gasteiger partial charge < -0.3 is 19.6 Å². The molecule has 1 aromatic carbocycles. The van der Waals surface area contributed by atoms with Crippen LogP contribution < -0.4 is 10.1 Å². The predicted octanol–water partition coefficient (Wildman–Crippen LogP) is 2.24. The fourth-order valence-corrected chi connectivity index (χ4v) is 1.43. The van der Waals surface area contributed by atoms with Crippen molar-refractivity contribution in [3.05, 3.63) is 47.9 Å². The average molecular weight is 261 g/mol. The van der Waals surface area contributed by atoms with Crippen LogP contribution in [0.2, 0.25) is 0 Å². The van der Waals surface area contributed by atoms with Crippen LogP contribution in [0, 0.1) is 0 Å². The number of anilines is 1. The van der Waals surface area contributed by atoms with E-state index in [1.807, 2.05) is 0 Å². The van der Waals surface area contributed by atoms with Crippen LogP contribution in [0.3, 0.4) is 0 Å². The topological polar surface area (TPSA) is 88.8 Å². The van der Waals surface area contributed by atoms with Crippen molar-refractivity contribution in [3.8, 4) is 5.75 Å². The zero-order valence-corrected chi connectivity index (χ0v) is 10.0. The Bertz CT molecular complexity index is 600. The molecule has 1 aromatic heterocycles. The first-order chi connectivity index (χ1) is 9.10. The standard InChI is InChI=1S/C13H11NO5/c1-18-10-4-2-9(3-5-10)14-12(15)11-6-8(7-19-11)13(16)17/h2-7H,1H3,(H,14,15)(H,16,17). The number of benzene rings is 1. The van der Waals surface area contributed by atoms with Crippen molar-refractivity contribution >= 4 is 17.6 Å². The number of carboxylic acid groups (broad SMARTS) is 1. The summed E-state index contributed by atoms with van der Waals surface area (Å²) in [4.78, 5) is 22.4. The largest absolute Gasteiger partial charge is 0.497 e. The van der Waals surface area contributed by atoms with E-state index in [2.05, 4.69) is 5.32 Å². The van der Waals surface area contributed by atoms with Gasteiger partial charge in [-0.15, -0.1) is 0 Å². The molecular weight excluding hydrogens is 250 g/mol. The first-order valence-electron chi connectivity index (χ1n) is 5.37. The highest BCUT2D eigenvalue weighted by Crippen LogP contribution is 2.16. The number of carbonyl (C=O) groups is 2. The molecule has 2 rings (SSSR count). The van der Waals surface area contributed by atoms with E-state index in [1.165, 1.54) is 6.07 Å². The molecule has 98 valence electrons. The average Bonchev–Trinajstić information content (AvgIpc) is 2.89. The molecule has 0 bridgehead atoms. The number of hydrogen-bond donors (Lipinski definition) is 2. The number of carboxylic acids is 1. The Morgan fingerprint density at radius 2 is 1.95 bits per heavy atom. The highest BCUT2D eigenvalue weighted by molar-refractivity contribution is 6.03. The van der Waals surface area contributed by atoms with Crippen LogP contribution in [0.15, 0.2) is 41.0 Å². The van der Waals surface area contributed by atoms with E-state index in [9.17, 15) is 9.59 Å². The van der Waals surface area contributed by atoms with Crippen molar-refractivity contribution in [1.82, 2.24) is 0 Å². The summed E-state index contributed by atoms with van der Waals surface area (Å²) in [5.41, 5.74) is 0.485. The molecule has 0 aliphatic rings. The summed E-state index contributed by atoms with van der Waals surface area (Å²) in [6, 6.07) is 7.89. The van der Waals surface area contributed by atoms with Crippen LogP contribution in [0.1, 0.15) is 20.9 Å². The van der Waals surface area contributed by atoms with E-state index in [0.29, 0.717) is 11.4 Å². The van der Waals surface area contributed by atoms with Crippen molar-refractivity contribution in [3.63, 3.8) is 0 Å². The summed E-state index contributed by atoms with van der Waals surface area (Å²) in [5, 5.41) is 11.3. The molecule has 1 heterocycles. The molecule has 2 aromatic rings. The van der Waals surface area contributed by atoms with Gasteiger partial charge in [0.15, 0.2) is 5.76 Å². The lowest BCUT2D eigenvalue weighted by atomic mass is 10.2. The van der Waals surface area contributed by atoms with Gasteiger partial charge in [0.1, 0.15) is 12.0 Å². The maximum absolute atomic E-state index is 11.8. The maximum atomic E-state index is 11.8. The Kier molecular flexibility index (Phi) is 3.51. The number of carbonyl (C=O) groups excluding carboxylic acids is 1. The first-order valence-corrected chi connectivity index (χ1v) is 5.37. The zero-order chi connectivity index (χ0) is 13.8. The van der Waals surface area contributed by atoms with Crippen LogP contribution in [0.4, 0.5) is 5.69 Å². The fraction of sp³-hybridized carbons (Fsp3) is 0.0769. The van der Waals surface area contributed by atoms with Crippen LogP contribution in [-0.4, -0.2) is 24.1 Å². The summed E-state index contributed by atoms with van der Waals surface area (Å²) >= 11 is 0. The number of rotatable bonds is 4. The van der Waals surface area contributed by atoms with Crippen molar-refractivity contribution < 1.29 is 23.8 Å². The molecule has 6 nitrogen and oxygen atoms in total. The molecule has 1 amide bonds. The quantitative estimate of drug-likeness (QED) is 0.881. The lowest BCUT2D eigenvalue weighted by Crippen LogP contribution is -2.10. The molecule has 6 heteroatoms. The third-order valence-corrected chi connectivity index (χ3v) is 2.42. The monoisotopic (exact) mass is 261 g/mol. The minimum atomic E-state index is -1.15. The van der Waals surface area contributed by atoms with Crippen molar-refractivity contribution in [1.29, 1.82) is 0 Å². The second-order valence-corrected chi connectivity index (χ2v) is 3.69. The van der Waals surface area contributed by atoms with Gasteiger partial charge in [-0.25, -0.2) is 4.79 Å².